The van der Waals surface area contributed by atoms with Crippen molar-refractivity contribution in [2.45, 2.75) is 38.5 Å². The predicted molar refractivity (Wildman–Crippen MR) is 171 cm³/mol. The van der Waals surface area contributed by atoms with Gasteiger partial charge in [-0.3, -0.25) is 0 Å². The molecule has 0 fully saturated rings. The summed E-state index contributed by atoms with van der Waals surface area (Å²) in [6.07, 6.45) is 3.24. The summed E-state index contributed by atoms with van der Waals surface area (Å²) in [5.41, 5.74) is 13.8. The molecule has 2 aliphatic rings. The fraction of sp³-hybridized carbons (Fsp3) is 0.154. The summed E-state index contributed by atoms with van der Waals surface area (Å²) in [5, 5.41) is 0. The summed E-state index contributed by atoms with van der Waals surface area (Å²) >= 11 is 0. The molecule has 0 saturated heterocycles. The maximum absolute atomic E-state index is 5.19. The van der Waals surface area contributed by atoms with Gasteiger partial charge in [0.1, 0.15) is 0 Å². The molecule has 0 spiro atoms. The van der Waals surface area contributed by atoms with Gasteiger partial charge >= 0.3 is 0 Å². The number of hydrogen-bond donors (Lipinski definition) is 0. The minimum Gasteiger partial charge on any atom is -0.208 e. The first-order chi connectivity index (χ1) is 20.6. The Labute approximate surface area is 247 Å². The normalized spacial score (nSPS) is 14.3. The van der Waals surface area contributed by atoms with Crippen molar-refractivity contribution in [1.82, 2.24) is 15.0 Å². The molecule has 1 heterocycles. The predicted octanol–water partition coefficient (Wildman–Crippen LogP) is 9.33. The summed E-state index contributed by atoms with van der Waals surface area (Å²) in [4.78, 5) is 15.4. The van der Waals surface area contributed by atoms with Crippen LogP contribution in [-0.4, -0.2) is 15.0 Å². The van der Waals surface area contributed by atoms with Gasteiger partial charge < -0.3 is 0 Å². The van der Waals surface area contributed by atoms with E-state index in [-0.39, 0.29) is 5.41 Å². The molecular weight excluding hydrogens is 510 g/mol. The molecular formula is C39H31N3. The van der Waals surface area contributed by atoms with Gasteiger partial charge in [0, 0.05) is 22.1 Å². The standard InChI is InChI=1S/C39H31N3/c1-39(2)32-23-12-11-22-30(32)34-31(24-28-20-13-19-25-14-9-10-21-29(25)33(28)35(34)39)38-41-36(26-15-5-3-6-16-26)40-37(42-38)27-17-7-4-8-18-27/h3-12,14-18,21-24H,13,19-20H2,1-2H3. The Morgan fingerprint density at radius 3 is 1.74 bits per heavy atom. The lowest BCUT2D eigenvalue weighted by Crippen LogP contribution is -2.17. The molecule has 202 valence electrons. The lowest BCUT2D eigenvalue weighted by molar-refractivity contribution is 0.661. The molecule has 0 amide bonds. The number of aromatic nitrogens is 3. The number of aryl methyl sites for hydroxylation is 2. The van der Waals surface area contributed by atoms with Crippen LogP contribution in [0, 0.1) is 0 Å². The van der Waals surface area contributed by atoms with Gasteiger partial charge in [-0.05, 0) is 69.8 Å². The molecule has 0 aliphatic heterocycles. The van der Waals surface area contributed by atoms with E-state index in [1.54, 1.807) is 0 Å². The summed E-state index contributed by atoms with van der Waals surface area (Å²) in [6, 6.07) is 40.8. The highest BCUT2D eigenvalue weighted by Gasteiger charge is 2.41. The van der Waals surface area contributed by atoms with Crippen LogP contribution >= 0.6 is 0 Å². The summed E-state index contributed by atoms with van der Waals surface area (Å²) < 4.78 is 0. The molecule has 0 radical (unpaired) electrons. The Morgan fingerprint density at radius 2 is 1.05 bits per heavy atom. The Hall–Kier alpha value is -4.89. The van der Waals surface area contributed by atoms with Crippen LogP contribution in [0.3, 0.4) is 0 Å². The van der Waals surface area contributed by atoms with E-state index in [1.165, 1.54) is 44.5 Å². The smallest absolute Gasteiger partial charge is 0.164 e. The third kappa shape index (κ3) is 3.84. The highest BCUT2D eigenvalue weighted by molar-refractivity contribution is 5.98. The van der Waals surface area contributed by atoms with E-state index >= 15 is 0 Å². The van der Waals surface area contributed by atoms with Crippen molar-refractivity contribution in [3.05, 3.63) is 138 Å². The van der Waals surface area contributed by atoms with E-state index in [1.807, 2.05) is 36.4 Å². The molecule has 0 atom stereocenters. The molecule has 5 aromatic carbocycles. The number of hydrogen-bond acceptors (Lipinski definition) is 3. The molecule has 2 aliphatic carbocycles. The number of nitrogens with zero attached hydrogens (tertiary/aromatic N) is 3. The third-order valence-corrected chi connectivity index (χ3v) is 9.02. The molecule has 0 bridgehead atoms. The zero-order valence-electron chi connectivity index (χ0n) is 23.9. The van der Waals surface area contributed by atoms with Gasteiger partial charge in [0.15, 0.2) is 17.5 Å². The average molecular weight is 542 g/mol. The Morgan fingerprint density at radius 1 is 0.500 bits per heavy atom. The van der Waals surface area contributed by atoms with Gasteiger partial charge in [0.2, 0.25) is 0 Å². The van der Waals surface area contributed by atoms with Gasteiger partial charge in [0.05, 0.1) is 0 Å². The molecule has 3 nitrogen and oxygen atoms in total. The van der Waals surface area contributed by atoms with Crippen LogP contribution in [0.5, 0.6) is 0 Å². The highest BCUT2D eigenvalue weighted by atomic mass is 15.0. The van der Waals surface area contributed by atoms with E-state index in [4.69, 9.17) is 15.0 Å². The molecule has 0 saturated carbocycles. The average Bonchev–Trinajstić information content (AvgIpc) is 3.15. The Bertz CT molecular complexity index is 1920. The molecule has 0 N–H and O–H groups in total. The first-order valence-corrected chi connectivity index (χ1v) is 14.9. The lowest BCUT2D eigenvalue weighted by atomic mass is 9.76. The van der Waals surface area contributed by atoms with Crippen molar-refractivity contribution in [1.29, 1.82) is 0 Å². The third-order valence-electron chi connectivity index (χ3n) is 9.02. The van der Waals surface area contributed by atoms with Crippen LogP contribution in [0.15, 0.2) is 115 Å². The first kappa shape index (κ1) is 24.9. The number of benzene rings is 5. The Kier molecular flexibility index (Phi) is 5.68. The van der Waals surface area contributed by atoms with E-state index in [0.29, 0.717) is 11.6 Å². The van der Waals surface area contributed by atoms with Crippen molar-refractivity contribution in [3.8, 4) is 56.4 Å². The quantitative estimate of drug-likeness (QED) is 0.224. The Balaban J connectivity index is 1.48. The zero-order valence-corrected chi connectivity index (χ0v) is 23.9. The number of fused-ring (bicyclic) bond motifs is 7. The van der Waals surface area contributed by atoms with Crippen molar-refractivity contribution in [3.63, 3.8) is 0 Å². The van der Waals surface area contributed by atoms with Crippen LogP contribution < -0.4 is 0 Å². The topological polar surface area (TPSA) is 38.7 Å². The van der Waals surface area contributed by atoms with Crippen LogP contribution in [0.2, 0.25) is 0 Å². The molecule has 1 aromatic heterocycles. The van der Waals surface area contributed by atoms with E-state index in [0.717, 1.165) is 41.8 Å². The second kappa shape index (κ2) is 9.60. The zero-order chi connectivity index (χ0) is 28.3. The minimum atomic E-state index is -0.166. The fourth-order valence-corrected chi connectivity index (χ4v) is 7.09. The minimum absolute atomic E-state index is 0.166. The summed E-state index contributed by atoms with van der Waals surface area (Å²) in [7, 11) is 0. The molecule has 6 aromatic rings. The highest BCUT2D eigenvalue weighted by Crippen LogP contribution is 2.57. The second-order valence-electron chi connectivity index (χ2n) is 11.9. The monoisotopic (exact) mass is 541 g/mol. The SMILES string of the molecule is CC1(C)c2ccccc2-c2c(-c3nc(-c4ccccc4)nc(-c4ccccc4)n3)cc3c(c21)-c1ccccc1CCC3. The van der Waals surface area contributed by atoms with Crippen LogP contribution in [0.1, 0.15) is 42.5 Å². The second-order valence-corrected chi connectivity index (χ2v) is 11.9. The van der Waals surface area contributed by atoms with Crippen LogP contribution in [-0.2, 0) is 18.3 Å². The number of rotatable bonds is 3. The molecule has 3 heteroatoms. The van der Waals surface area contributed by atoms with Gasteiger partial charge in [-0.2, -0.15) is 0 Å². The van der Waals surface area contributed by atoms with Crippen molar-refractivity contribution < 1.29 is 0 Å². The fourth-order valence-electron chi connectivity index (χ4n) is 7.09. The van der Waals surface area contributed by atoms with E-state index in [9.17, 15) is 0 Å². The summed E-state index contributed by atoms with van der Waals surface area (Å²) in [6.45, 7) is 4.76. The van der Waals surface area contributed by atoms with Crippen LogP contribution in [0.4, 0.5) is 0 Å². The van der Waals surface area contributed by atoms with Gasteiger partial charge in [-0.15, -0.1) is 0 Å². The van der Waals surface area contributed by atoms with Crippen molar-refractivity contribution in [2.24, 2.45) is 0 Å². The maximum Gasteiger partial charge on any atom is 0.164 e. The largest absolute Gasteiger partial charge is 0.208 e. The van der Waals surface area contributed by atoms with E-state index < -0.39 is 0 Å². The molecule has 0 unspecified atom stereocenters. The van der Waals surface area contributed by atoms with Crippen molar-refractivity contribution in [2.75, 3.05) is 0 Å². The molecule has 42 heavy (non-hydrogen) atoms. The first-order valence-electron chi connectivity index (χ1n) is 14.9. The van der Waals surface area contributed by atoms with Gasteiger partial charge in [-0.1, -0.05) is 123 Å². The summed E-state index contributed by atoms with van der Waals surface area (Å²) in [5.74, 6) is 2.12. The van der Waals surface area contributed by atoms with Gasteiger partial charge in [-0.25, -0.2) is 15.0 Å². The van der Waals surface area contributed by atoms with Crippen molar-refractivity contribution >= 4 is 0 Å². The molecule has 8 rings (SSSR count). The van der Waals surface area contributed by atoms with E-state index in [2.05, 4.69) is 92.7 Å². The lowest BCUT2D eigenvalue weighted by Gasteiger charge is -2.27. The van der Waals surface area contributed by atoms with Gasteiger partial charge in [0.25, 0.3) is 0 Å². The maximum atomic E-state index is 5.19. The van der Waals surface area contributed by atoms with Crippen LogP contribution in [0.25, 0.3) is 56.4 Å².